The van der Waals surface area contributed by atoms with Gasteiger partial charge in [0.05, 0.1) is 12.6 Å². The first-order chi connectivity index (χ1) is 19.8. The monoisotopic (exact) mass is 559 g/mol. The smallest absolute Gasteiger partial charge is 0.408 e. The molecule has 0 radical (unpaired) electrons. The molecule has 0 aromatic heterocycles. The van der Waals surface area contributed by atoms with Gasteiger partial charge in [0.25, 0.3) is 5.91 Å². The summed E-state index contributed by atoms with van der Waals surface area (Å²) in [5, 5.41) is 2.64. The number of benzene rings is 3. The fourth-order valence-electron chi connectivity index (χ4n) is 4.24. The first-order valence-corrected chi connectivity index (χ1v) is 13.5. The van der Waals surface area contributed by atoms with Crippen LogP contribution in [0.2, 0.25) is 0 Å². The van der Waals surface area contributed by atoms with Gasteiger partial charge < -0.3 is 25.3 Å². The number of amides is 3. The third-order valence-electron chi connectivity index (χ3n) is 6.23. The number of aldehydes is 1. The van der Waals surface area contributed by atoms with Gasteiger partial charge in [-0.1, -0.05) is 105 Å². The summed E-state index contributed by atoms with van der Waals surface area (Å²) in [4.78, 5) is 53.3. The third kappa shape index (κ3) is 9.88. The van der Waals surface area contributed by atoms with Crippen molar-refractivity contribution in [1.82, 2.24) is 10.2 Å². The number of rotatable bonds is 15. The van der Waals surface area contributed by atoms with Crippen LogP contribution in [0.5, 0.6) is 0 Å². The van der Waals surface area contributed by atoms with Crippen LogP contribution in [0.15, 0.2) is 91.0 Å². The number of hydrogen-bond acceptors (Lipinski definition) is 6. The molecule has 0 aliphatic heterocycles. The molecular formula is C32H37N3O6. The zero-order valence-electron chi connectivity index (χ0n) is 23.3. The average Bonchev–Trinajstić information content (AvgIpc) is 2.98. The van der Waals surface area contributed by atoms with Gasteiger partial charge in [-0.2, -0.15) is 0 Å². The number of carbonyl (C=O) groups is 4. The van der Waals surface area contributed by atoms with Crippen LogP contribution < -0.4 is 11.1 Å². The van der Waals surface area contributed by atoms with Gasteiger partial charge in [0.2, 0.25) is 12.1 Å². The zero-order chi connectivity index (χ0) is 29.6. The van der Waals surface area contributed by atoms with E-state index in [9.17, 15) is 19.2 Å². The molecule has 0 bridgehead atoms. The molecule has 3 aromatic carbocycles. The molecule has 3 aromatic rings. The van der Waals surface area contributed by atoms with Gasteiger partial charge in [0.15, 0.2) is 0 Å². The number of nitrogens with zero attached hydrogens (tertiary/aromatic N) is 1. The Morgan fingerprint density at radius 1 is 0.829 bits per heavy atom. The summed E-state index contributed by atoms with van der Waals surface area (Å²) in [6.45, 7) is 3.88. The summed E-state index contributed by atoms with van der Waals surface area (Å²) in [6.07, 6.45) is -1.59. The lowest BCUT2D eigenvalue weighted by molar-refractivity contribution is -0.165. The number of ether oxygens (including phenoxy) is 2. The molecule has 9 nitrogen and oxygen atoms in total. The SMILES string of the molecule is CC(C)COC(C(N)=O)N(C(=O)[C@H](Cc1ccccc1)NC(=O)OCc1ccccc1)[C@H](C=O)Cc1ccccc1. The number of hydrogen-bond donors (Lipinski definition) is 2. The van der Waals surface area contributed by atoms with E-state index in [-0.39, 0.29) is 32.0 Å². The van der Waals surface area contributed by atoms with Crippen LogP contribution >= 0.6 is 0 Å². The minimum atomic E-state index is -1.54. The topological polar surface area (TPSA) is 128 Å². The normalized spacial score (nSPS) is 13.0. The number of nitrogens with one attached hydrogen (secondary N) is 1. The number of nitrogens with two attached hydrogens (primary N) is 1. The molecule has 0 aliphatic rings. The van der Waals surface area contributed by atoms with Crippen LogP contribution in [0, 0.1) is 5.92 Å². The highest BCUT2D eigenvalue weighted by Gasteiger charge is 2.39. The summed E-state index contributed by atoms with van der Waals surface area (Å²) in [7, 11) is 0. The van der Waals surface area contributed by atoms with Gasteiger partial charge in [-0.05, 0) is 29.0 Å². The van der Waals surface area contributed by atoms with E-state index in [0.717, 1.165) is 21.6 Å². The fraction of sp³-hybridized carbons (Fsp3) is 0.312. The standard InChI is InChI=1S/C32H37N3O6/c1-23(2)21-40-31(29(33)37)35(27(20-36)18-24-12-6-3-7-13-24)30(38)28(19-25-14-8-4-9-15-25)34-32(39)41-22-26-16-10-5-11-17-26/h3-17,20,23,27-28,31H,18-19,21-22H2,1-2H3,(H2,33,37)(H,34,39)/t27-,28-,31?/m0/s1. The van der Waals surface area contributed by atoms with Crippen molar-refractivity contribution in [3.63, 3.8) is 0 Å². The first-order valence-electron chi connectivity index (χ1n) is 13.5. The summed E-state index contributed by atoms with van der Waals surface area (Å²) >= 11 is 0. The molecule has 3 rings (SSSR count). The van der Waals surface area contributed by atoms with E-state index in [0.29, 0.717) is 6.29 Å². The summed E-state index contributed by atoms with van der Waals surface area (Å²) in [5.41, 5.74) is 8.02. The largest absolute Gasteiger partial charge is 0.445 e. The Morgan fingerprint density at radius 2 is 1.34 bits per heavy atom. The molecule has 0 saturated carbocycles. The molecule has 1 unspecified atom stereocenters. The van der Waals surface area contributed by atoms with Crippen molar-refractivity contribution >= 4 is 24.2 Å². The molecule has 0 fully saturated rings. The molecule has 9 heteroatoms. The van der Waals surface area contributed by atoms with Gasteiger partial charge in [0.1, 0.15) is 18.9 Å². The maximum Gasteiger partial charge on any atom is 0.408 e. The number of alkyl carbamates (subject to hydrolysis) is 1. The highest BCUT2D eigenvalue weighted by molar-refractivity contribution is 5.92. The highest BCUT2D eigenvalue weighted by Crippen LogP contribution is 2.17. The second kappa shape index (κ2) is 15.9. The van der Waals surface area contributed by atoms with E-state index in [4.69, 9.17) is 15.2 Å². The van der Waals surface area contributed by atoms with E-state index in [1.807, 2.05) is 105 Å². The van der Waals surface area contributed by atoms with Gasteiger partial charge in [0, 0.05) is 6.42 Å². The Bertz CT molecular complexity index is 1250. The molecule has 3 amide bonds. The number of carbonyl (C=O) groups excluding carboxylic acids is 4. The second-order valence-corrected chi connectivity index (χ2v) is 10.1. The van der Waals surface area contributed by atoms with Crippen LogP contribution in [0.1, 0.15) is 30.5 Å². The van der Waals surface area contributed by atoms with E-state index in [1.165, 1.54) is 0 Å². The van der Waals surface area contributed by atoms with Crippen LogP contribution in [0.4, 0.5) is 4.79 Å². The minimum Gasteiger partial charge on any atom is -0.445 e. The van der Waals surface area contributed by atoms with Gasteiger partial charge in [-0.15, -0.1) is 0 Å². The molecule has 0 aliphatic carbocycles. The molecule has 3 N–H and O–H groups in total. The zero-order valence-corrected chi connectivity index (χ0v) is 23.3. The van der Waals surface area contributed by atoms with Crippen molar-refractivity contribution in [2.24, 2.45) is 11.7 Å². The Labute approximate surface area is 240 Å². The lowest BCUT2D eigenvalue weighted by atomic mass is 10.0. The van der Waals surface area contributed by atoms with E-state index in [1.54, 1.807) is 0 Å². The first kappa shape index (κ1) is 31.0. The third-order valence-corrected chi connectivity index (χ3v) is 6.23. The van der Waals surface area contributed by atoms with Crippen molar-refractivity contribution < 1.29 is 28.7 Å². The van der Waals surface area contributed by atoms with Crippen molar-refractivity contribution in [1.29, 1.82) is 0 Å². The van der Waals surface area contributed by atoms with Crippen molar-refractivity contribution in [2.45, 2.75) is 51.6 Å². The summed E-state index contributed by atoms with van der Waals surface area (Å²) < 4.78 is 11.2. The summed E-state index contributed by atoms with van der Waals surface area (Å²) in [6, 6.07) is 25.0. The van der Waals surface area contributed by atoms with Crippen LogP contribution in [0.3, 0.4) is 0 Å². The van der Waals surface area contributed by atoms with Crippen LogP contribution in [-0.2, 0) is 43.3 Å². The molecule has 0 spiro atoms. The Morgan fingerprint density at radius 3 is 1.83 bits per heavy atom. The molecular weight excluding hydrogens is 522 g/mol. The minimum absolute atomic E-state index is 0.00494. The highest BCUT2D eigenvalue weighted by atomic mass is 16.5. The Hall–Kier alpha value is -4.50. The lowest BCUT2D eigenvalue weighted by Gasteiger charge is -2.36. The predicted octanol–water partition coefficient (Wildman–Crippen LogP) is 3.65. The molecule has 3 atom stereocenters. The predicted molar refractivity (Wildman–Crippen MR) is 154 cm³/mol. The van der Waals surface area contributed by atoms with E-state index >= 15 is 0 Å². The van der Waals surface area contributed by atoms with E-state index in [2.05, 4.69) is 5.32 Å². The fourth-order valence-corrected chi connectivity index (χ4v) is 4.24. The maximum atomic E-state index is 14.2. The quantitative estimate of drug-likeness (QED) is 0.216. The second-order valence-electron chi connectivity index (χ2n) is 10.1. The van der Waals surface area contributed by atoms with Crippen molar-refractivity contribution in [3.05, 3.63) is 108 Å². The average molecular weight is 560 g/mol. The van der Waals surface area contributed by atoms with Crippen molar-refractivity contribution in [3.8, 4) is 0 Å². The Kier molecular flexibility index (Phi) is 12.1. The van der Waals surface area contributed by atoms with Gasteiger partial charge in [-0.25, -0.2) is 4.79 Å². The van der Waals surface area contributed by atoms with Gasteiger partial charge in [-0.3, -0.25) is 14.5 Å². The Balaban J connectivity index is 1.95. The summed E-state index contributed by atoms with van der Waals surface area (Å²) in [5.74, 6) is -1.61. The molecule has 41 heavy (non-hydrogen) atoms. The molecule has 0 saturated heterocycles. The van der Waals surface area contributed by atoms with Crippen LogP contribution in [0.25, 0.3) is 0 Å². The number of primary amides is 1. The lowest BCUT2D eigenvalue weighted by Crippen LogP contribution is -2.61. The van der Waals surface area contributed by atoms with Gasteiger partial charge >= 0.3 is 6.09 Å². The van der Waals surface area contributed by atoms with Crippen LogP contribution in [-0.4, -0.2) is 54.0 Å². The van der Waals surface area contributed by atoms with E-state index < -0.39 is 36.2 Å². The van der Waals surface area contributed by atoms with Crippen molar-refractivity contribution in [2.75, 3.05) is 6.61 Å². The maximum absolute atomic E-state index is 14.2. The molecule has 0 heterocycles. The molecule has 216 valence electrons.